The molecule has 6 aromatic rings. The Morgan fingerprint density at radius 1 is 0.660 bits per heavy atom. The van der Waals surface area contributed by atoms with Crippen molar-refractivity contribution in [3.63, 3.8) is 0 Å². The van der Waals surface area contributed by atoms with E-state index in [4.69, 9.17) is 5.73 Å². The van der Waals surface area contributed by atoms with Gasteiger partial charge in [0.1, 0.15) is 0 Å². The van der Waals surface area contributed by atoms with E-state index in [1.54, 1.807) is 0 Å². The third kappa shape index (κ3) is 6.30. The van der Waals surface area contributed by atoms with Gasteiger partial charge in [0.25, 0.3) is 0 Å². The van der Waals surface area contributed by atoms with E-state index in [0.29, 0.717) is 6.67 Å². The number of aryl methyl sites for hydroxylation is 2. The molecule has 53 heavy (non-hydrogen) atoms. The number of rotatable bonds is 9. The smallest absolute Gasteiger partial charge is 0.0628 e. The molecular formula is C51H48N2. The Morgan fingerprint density at radius 2 is 1.28 bits per heavy atom. The normalized spacial score (nSPS) is 18.9. The van der Waals surface area contributed by atoms with Crippen LogP contribution in [0.15, 0.2) is 195 Å². The number of hydrogen-bond donors (Lipinski definition) is 2. The van der Waals surface area contributed by atoms with Crippen molar-refractivity contribution >= 4 is 22.0 Å². The summed E-state index contributed by atoms with van der Waals surface area (Å²) in [4.78, 5) is 0. The summed E-state index contributed by atoms with van der Waals surface area (Å²) in [7, 11) is 0. The average molecular weight is 689 g/mol. The summed E-state index contributed by atoms with van der Waals surface area (Å²) in [5.41, 5.74) is 19.3. The minimum Gasteiger partial charge on any atom is -0.372 e. The van der Waals surface area contributed by atoms with Gasteiger partial charge in [0.2, 0.25) is 0 Å². The van der Waals surface area contributed by atoms with Crippen LogP contribution in [0.5, 0.6) is 0 Å². The van der Waals surface area contributed by atoms with Gasteiger partial charge in [-0.05, 0) is 92.3 Å². The van der Waals surface area contributed by atoms with Gasteiger partial charge in [0, 0.05) is 5.70 Å². The van der Waals surface area contributed by atoms with E-state index in [9.17, 15) is 0 Å². The molecule has 0 fully saturated rings. The zero-order chi connectivity index (χ0) is 36.8. The SMILES string of the molecule is C=C.CCc1ccccc1C1(Cc2ccccc2C)C2=C(C=CC(/C=C(\NCN)c3ccccc3)(c3cccc4ccccc34)C=C2)c2ccccc21. The predicted octanol–water partition coefficient (Wildman–Crippen LogP) is 11.4. The maximum absolute atomic E-state index is 6.22. The maximum Gasteiger partial charge on any atom is 0.0628 e. The van der Waals surface area contributed by atoms with Crippen LogP contribution in [0.2, 0.25) is 0 Å². The molecule has 0 aliphatic heterocycles. The highest BCUT2D eigenvalue weighted by molar-refractivity contribution is 5.93. The van der Waals surface area contributed by atoms with Gasteiger partial charge in [0.15, 0.2) is 0 Å². The van der Waals surface area contributed by atoms with E-state index in [1.807, 2.05) is 0 Å². The number of nitrogens with two attached hydrogens (primary N) is 1. The molecule has 262 valence electrons. The summed E-state index contributed by atoms with van der Waals surface area (Å²) in [5.74, 6) is 0. The molecule has 8 rings (SSSR count). The quantitative estimate of drug-likeness (QED) is 0.117. The number of hydrogen-bond acceptors (Lipinski definition) is 2. The van der Waals surface area contributed by atoms with Gasteiger partial charge in [-0.15, -0.1) is 13.2 Å². The molecule has 0 spiro atoms. The van der Waals surface area contributed by atoms with E-state index in [0.717, 1.165) is 24.1 Å². The van der Waals surface area contributed by atoms with E-state index in [1.165, 1.54) is 60.9 Å². The van der Waals surface area contributed by atoms with Gasteiger partial charge in [-0.2, -0.15) is 0 Å². The first kappa shape index (κ1) is 35.4. The lowest BCUT2D eigenvalue weighted by Crippen LogP contribution is -2.32. The Morgan fingerprint density at radius 3 is 2.06 bits per heavy atom. The third-order valence-corrected chi connectivity index (χ3v) is 11.1. The molecule has 0 radical (unpaired) electrons. The summed E-state index contributed by atoms with van der Waals surface area (Å²) in [6.45, 7) is 10.9. The molecule has 0 bridgehead atoms. The van der Waals surface area contributed by atoms with Crippen molar-refractivity contribution in [3.8, 4) is 0 Å². The molecule has 2 aliphatic carbocycles. The average Bonchev–Trinajstić information content (AvgIpc) is 3.33. The van der Waals surface area contributed by atoms with Crippen molar-refractivity contribution in [3.05, 3.63) is 239 Å². The molecule has 2 unspecified atom stereocenters. The van der Waals surface area contributed by atoms with Gasteiger partial charge in [-0.25, -0.2) is 0 Å². The van der Waals surface area contributed by atoms with Gasteiger partial charge in [-0.3, -0.25) is 0 Å². The summed E-state index contributed by atoms with van der Waals surface area (Å²) in [6.07, 6.45) is 13.9. The molecule has 2 atom stereocenters. The molecular weight excluding hydrogens is 641 g/mol. The highest BCUT2D eigenvalue weighted by atomic mass is 15.0. The minimum absolute atomic E-state index is 0.329. The Hall–Kier alpha value is -5.96. The van der Waals surface area contributed by atoms with Gasteiger partial charge in [0.05, 0.1) is 17.5 Å². The lowest BCUT2D eigenvalue weighted by molar-refractivity contribution is 0.614. The van der Waals surface area contributed by atoms with Crippen LogP contribution >= 0.6 is 0 Å². The molecule has 0 saturated heterocycles. The molecule has 0 aromatic heterocycles. The highest BCUT2D eigenvalue weighted by Crippen LogP contribution is 2.56. The van der Waals surface area contributed by atoms with Crippen molar-refractivity contribution in [1.82, 2.24) is 5.32 Å². The number of allylic oxidation sites excluding steroid dienone is 7. The molecule has 0 saturated carbocycles. The number of benzene rings is 6. The minimum atomic E-state index is -0.591. The molecule has 0 heterocycles. The van der Waals surface area contributed by atoms with Crippen LogP contribution in [0.3, 0.4) is 0 Å². The third-order valence-electron chi connectivity index (χ3n) is 11.1. The summed E-state index contributed by atoms with van der Waals surface area (Å²) < 4.78 is 0. The second kappa shape index (κ2) is 15.3. The van der Waals surface area contributed by atoms with Crippen LogP contribution in [0.25, 0.3) is 22.0 Å². The fraction of sp³-hybridized carbons (Fsp3) is 0.137. The molecule has 2 nitrogen and oxygen atoms in total. The zero-order valence-electron chi connectivity index (χ0n) is 30.9. The number of nitrogens with one attached hydrogen (secondary N) is 1. The van der Waals surface area contributed by atoms with Crippen LogP contribution in [0.1, 0.15) is 51.4 Å². The van der Waals surface area contributed by atoms with Gasteiger partial charge in [-0.1, -0.05) is 177 Å². The summed E-state index contributed by atoms with van der Waals surface area (Å²) in [6, 6.07) is 53.1. The first-order valence-corrected chi connectivity index (χ1v) is 18.6. The maximum atomic E-state index is 6.22. The molecule has 3 N–H and O–H groups in total. The fourth-order valence-corrected chi connectivity index (χ4v) is 8.59. The summed E-state index contributed by atoms with van der Waals surface area (Å²) in [5, 5.41) is 5.98. The van der Waals surface area contributed by atoms with Gasteiger partial charge >= 0.3 is 0 Å². The monoisotopic (exact) mass is 688 g/mol. The van der Waals surface area contributed by atoms with Crippen LogP contribution < -0.4 is 11.1 Å². The summed E-state index contributed by atoms with van der Waals surface area (Å²) >= 11 is 0. The van der Waals surface area contributed by atoms with Crippen molar-refractivity contribution in [2.24, 2.45) is 5.73 Å². The number of fused-ring (bicyclic) bond motifs is 3. The van der Waals surface area contributed by atoms with Crippen LogP contribution in [0, 0.1) is 6.92 Å². The predicted molar refractivity (Wildman–Crippen MR) is 227 cm³/mol. The van der Waals surface area contributed by atoms with Gasteiger partial charge < -0.3 is 11.1 Å². The molecule has 2 aliphatic rings. The van der Waals surface area contributed by atoms with Crippen LogP contribution in [-0.2, 0) is 23.7 Å². The van der Waals surface area contributed by atoms with E-state index >= 15 is 0 Å². The topological polar surface area (TPSA) is 38.0 Å². The van der Waals surface area contributed by atoms with Crippen molar-refractivity contribution in [1.29, 1.82) is 0 Å². The largest absolute Gasteiger partial charge is 0.372 e. The first-order chi connectivity index (χ1) is 26.1. The lowest BCUT2D eigenvalue weighted by atomic mass is 9.65. The van der Waals surface area contributed by atoms with Crippen molar-refractivity contribution < 1.29 is 0 Å². The van der Waals surface area contributed by atoms with Crippen LogP contribution in [0.4, 0.5) is 0 Å². The lowest BCUT2D eigenvalue weighted by Gasteiger charge is -2.37. The highest BCUT2D eigenvalue weighted by Gasteiger charge is 2.47. The Bertz CT molecular complexity index is 2370. The second-order valence-electron chi connectivity index (χ2n) is 13.8. The zero-order valence-corrected chi connectivity index (χ0v) is 30.9. The Kier molecular flexibility index (Phi) is 10.3. The van der Waals surface area contributed by atoms with Crippen LogP contribution in [-0.4, -0.2) is 6.67 Å². The molecule has 2 heteroatoms. The first-order valence-electron chi connectivity index (χ1n) is 18.6. The fourth-order valence-electron chi connectivity index (χ4n) is 8.59. The Balaban J connectivity index is 0.00000214. The van der Waals surface area contributed by atoms with E-state index in [2.05, 4.69) is 208 Å². The van der Waals surface area contributed by atoms with E-state index < -0.39 is 5.41 Å². The standard InChI is InChI=1S/C49H44N2.C2H4/c1-3-36-17-10-13-25-43(36)49(32-39-21-8-7-16-35(39)2)45-26-14-12-24-41(45)42-28-30-48(31-29-46(42)49,33-47(51-34-50)38-19-5-4-6-20-38)44-27-15-22-37-18-9-11-23-40(37)44;1-2/h4-31,33,51H,3,32,34,50H2,1-2H3;1-2H2/b47-33-;. The van der Waals surface area contributed by atoms with E-state index in [-0.39, 0.29) is 5.41 Å². The van der Waals surface area contributed by atoms with Crippen molar-refractivity contribution in [2.75, 3.05) is 6.67 Å². The second-order valence-corrected chi connectivity index (χ2v) is 13.8. The van der Waals surface area contributed by atoms with Crippen molar-refractivity contribution in [2.45, 2.75) is 37.5 Å². The Labute approximate surface area is 315 Å². The molecule has 0 amide bonds. The molecule has 6 aromatic carbocycles.